The summed E-state index contributed by atoms with van der Waals surface area (Å²) >= 11 is 0. The number of esters is 1. The summed E-state index contributed by atoms with van der Waals surface area (Å²) in [5.41, 5.74) is 3.05. The molecule has 0 spiro atoms. The zero-order valence-electron chi connectivity index (χ0n) is 51.1. The minimum Gasteiger partial charge on any atom is -1.00 e. The average molecular weight is 1210 g/mol. The molecule has 0 heterocycles. The number of hydrogen-bond acceptors (Lipinski definition) is 5. The molecular weight excluding hydrogens is 1100 g/mol. The molecule has 10 heteroatoms. The molecular formula is C65H106IO5PSi3. The molecule has 0 aromatic heterocycles. The van der Waals surface area contributed by atoms with E-state index in [1.54, 1.807) is 0 Å². The lowest BCUT2D eigenvalue weighted by molar-refractivity contribution is -0.162. The number of rotatable bonds is 29. The number of benzene rings is 4. The Hall–Kier alpha value is -2.28. The maximum atomic E-state index is 14.1. The minimum atomic E-state index is -2.35. The van der Waals surface area contributed by atoms with Gasteiger partial charge >= 0.3 is 5.97 Å². The van der Waals surface area contributed by atoms with Gasteiger partial charge in [0, 0.05) is 6.07 Å². The molecule has 0 saturated carbocycles. The summed E-state index contributed by atoms with van der Waals surface area (Å²) in [5, 5.41) is 4.20. The molecule has 5 atom stereocenters. The van der Waals surface area contributed by atoms with Crippen LogP contribution in [0.3, 0.4) is 0 Å². The van der Waals surface area contributed by atoms with Crippen molar-refractivity contribution in [2.75, 3.05) is 6.16 Å². The van der Waals surface area contributed by atoms with Gasteiger partial charge in [0.1, 0.15) is 40.8 Å². The van der Waals surface area contributed by atoms with Crippen LogP contribution in [0.5, 0.6) is 11.5 Å². The van der Waals surface area contributed by atoms with Crippen molar-refractivity contribution in [1.29, 1.82) is 0 Å². The third-order valence-electron chi connectivity index (χ3n) is 17.4. The van der Waals surface area contributed by atoms with Gasteiger partial charge in [0.05, 0.1) is 17.7 Å². The lowest BCUT2D eigenvalue weighted by Gasteiger charge is -2.44. The lowest BCUT2D eigenvalue weighted by Crippen LogP contribution is -3.00. The Balaban J connectivity index is 0.0000148. The van der Waals surface area contributed by atoms with Gasteiger partial charge in [-0.05, 0) is 163 Å². The molecule has 420 valence electrons. The first-order chi connectivity index (χ1) is 34.7. The predicted octanol–water partition coefficient (Wildman–Crippen LogP) is 15.9. The van der Waals surface area contributed by atoms with Gasteiger partial charge in [0.15, 0.2) is 8.32 Å². The average Bonchev–Trinajstić information content (AvgIpc) is 3.35. The molecule has 0 aliphatic carbocycles. The fraction of sp³-hybridized carbons (Fsp3) is 0.615. The van der Waals surface area contributed by atoms with E-state index in [1.807, 2.05) is 20.8 Å². The molecule has 0 aliphatic rings. The van der Waals surface area contributed by atoms with Gasteiger partial charge in [-0.3, -0.25) is 4.79 Å². The summed E-state index contributed by atoms with van der Waals surface area (Å²) in [6, 6.07) is 43.7. The molecule has 0 bridgehead atoms. The van der Waals surface area contributed by atoms with E-state index in [0.29, 0.717) is 39.2 Å². The van der Waals surface area contributed by atoms with Gasteiger partial charge in [-0.15, -0.1) is 0 Å². The van der Waals surface area contributed by atoms with E-state index in [9.17, 15) is 4.79 Å². The number of carbonyl (C=O) groups is 1. The lowest BCUT2D eigenvalue weighted by atomic mass is 9.86. The van der Waals surface area contributed by atoms with Crippen LogP contribution >= 0.6 is 7.26 Å². The van der Waals surface area contributed by atoms with Gasteiger partial charge in [0.25, 0.3) is 16.6 Å². The van der Waals surface area contributed by atoms with E-state index in [4.69, 9.17) is 18.0 Å². The van der Waals surface area contributed by atoms with Crippen molar-refractivity contribution in [3.8, 4) is 11.5 Å². The van der Waals surface area contributed by atoms with Crippen LogP contribution in [-0.4, -0.2) is 43.2 Å². The minimum absolute atomic E-state index is 0. The quantitative estimate of drug-likeness (QED) is 0.0235. The Morgan fingerprint density at radius 3 is 1.20 bits per heavy atom. The summed E-state index contributed by atoms with van der Waals surface area (Å²) < 4.78 is 29.8. The summed E-state index contributed by atoms with van der Waals surface area (Å²) in [6.07, 6.45) is 3.10. The highest BCUT2D eigenvalue weighted by atomic mass is 127. The standard InChI is InChI=1S/C65H106O5PSi3.HI/c1-22-72(23-2,24-3)70-63(56-43-57(68-73(47(4)5,48(6)7)49(8)9)45-58(44-56)69-74(50(10)11,51(12)13)52(14)15)54(17)40-41-62(67-64(66)65(19,20)21)55(18)42-53(16)46-71(59-34-28-25-29-35-59,60-36-30-26-31-37-60)61-38-32-27-33-39-61;/h25-39,43-45,47-55,62-63H,22-24,40-42,46H2,1-21H3;1H/q+1;/p-1/t53-,54-,55-,62?,63-;/m0./s1. The zero-order chi connectivity index (χ0) is 55.4. The van der Waals surface area contributed by atoms with Crippen molar-refractivity contribution >= 4 is 54.1 Å². The van der Waals surface area contributed by atoms with Crippen molar-refractivity contribution in [2.45, 2.75) is 228 Å². The van der Waals surface area contributed by atoms with Crippen molar-refractivity contribution in [3.63, 3.8) is 0 Å². The first-order valence-corrected chi connectivity index (χ1v) is 38.0. The Morgan fingerprint density at radius 2 is 0.880 bits per heavy atom. The Bertz CT molecular complexity index is 2080. The van der Waals surface area contributed by atoms with Crippen LogP contribution in [0.25, 0.3) is 0 Å². The SMILES string of the molecule is CC[Si](CC)(CC)O[C@H](c1cc(O[Si](C(C)C)(C(C)C)C(C)C)cc(O[Si](C(C)C)(C(C)C)C(C)C)c1)[C@@H](C)CCC(OC(=O)C(C)(C)C)[C@@H](C)C[C@H](C)C[P+](c1ccccc1)(c1ccccc1)c1ccccc1.[I-]. The highest BCUT2D eigenvalue weighted by Crippen LogP contribution is 2.57. The largest absolute Gasteiger partial charge is 1.00 e. The van der Waals surface area contributed by atoms with Gasteiger partial charge < -0.3 is 42.0 Å². The Kier molecular flexibility index (Phi) is 26.1. The van der Waals surface area contributed by atoms with Gasteiger partial charge in [-0.25, -0.2) is 0 Å². The van der Waals surface area contributed by atoms with Crippen molar-refractivity contribution < 1.29 is 46.8 Å². The molecule has 0 amide bonds. The summed E-state index contributed by atoms with van der Waals surface area (Å²) in [5.74, 6) is 2.30. The predicted molar refractivity (Wildman–Crippen MR) is 332 cm³/mol. The second kappa shape index (κ2) is 29.3. The molecule has 0 aliphatic heterocycles. The van der Waals surface area contributed by atoms with Crippen molar-refractivity contribution in [1.82, 2.24) is 0 Å². The number of carbonyl (C=O) groups excluding carboxylic acids is 1. The van der Waals surface area contributed by atoms with Crippen LogP contribution in [0.1, 0.15) is 176 Å². The molecule has 4 aromatic rings. The fourth-order valence-electron chi connectivity index (χ4n) is 13.3. The van der Waals surface area contributed by atoms with Crippen LogP contribution in [0, 0.1) is 23.2 Å². The summed E-state index contributed by atoms with van der Waals surface area (Å²) in [4.78, 5) is 14.1. The van der Waals surface area contributed by atoms with Gasteiger partial charge in [-0.2, -0.15) is 0 Å². The van der Waals surface area contributed by atoms with E-state index >= 15 is 0 Å². The molecule has 1 unspecified atom stereocenters. The van der Waals surface area contributed by atoms with Gasteiger partial charge in [0.2, 0.25) is 0 Å². The third kappa shape index (κ3) is 16.0. The fourth-order valence-corrected chi connectivity index (χ4v) is 31.3. The van der Waals surface area contributed by atoms with Crippen LogP contribution in [-0.2, 0) is 14.0 Å². The second-order valence-electron chi connectivity index (χ2n) is 25.4. The number of hydrogen-bond donors (Lipinski definition) is 0. The van der Waals surface area contributed by atoms with E-state index in [1.165, 1.54) is 15.9 Å². The molecule has 4 rings (SSSR count). The zero-order valence-corrected chi connectivity index (χ0v) is 57.1. The van der Waals surface area contributed by atoms with Crippen molar-refractivity contribution in [3.05, 3.63) is 115 Å². The highest BCUT2D eigenvalue weighted by molar-refractivity contribution is 7.95. The van der Waals surface area contributed by atoms with Crippen LogP contribution < -0.4 is 48.7 Å². The molecule has 0 fully saturated rings. The van der Waals surface area contributed by atoms with Crippen LogP contribution in [0.2, 0.25) is 51.4 Å². The number of halogens is 1. The molecule has 0 saturated heterocycles. The monoisotopic (exact) mass is 1210 g/mol. The van der Waals surface area contributed by atoms with Crippen LogP contribution in [0.4, 0.5) is 0 Å². The topological polar surface area (TPSA) is 54.0 Å². The smallest absolute Gasteiger partial charge is 0.311 e. The molecule has 5 nitrogen and oxygen atoms in total. The summed E-state index contributed by atoms with van der Waals surface area (Å²) in [7, 11) is -8.93. The second-order valence-corrected chi connectivity index (χ2v) is 44.4. The Morgan fingerprint density at radius 1 is 0.520 bits per heavy atom. The van der Waals surface area contributed by atoms with Crippen LogP contribution in [0.15, 0.2) is 109 Å². The first kappa shape index (κ1) is 67.0. The number of ether oxygens (including phenoxy) is 1. The van der Waals surface area contributed by atoms with E-state index in [0.717, 1.165) is 60.6 Å². The summed E-state index contributed by atoms with van der Waals surface area (Å²) in [6.45, 7) is 48.6. The Labute approximate surface area is 481 Å². The highest BCUT2D eigenvalue weighted by Gasteiger charge is 2.50. The van der Waals surface area contributed by atoms with E-state index < -0.39 is 37.6 Å². The maximum Gasteiger partial charge on any atom is 0.311 e. The molecule has 0 radical (unpaired) electrons. The normalized spacial score (nSPS) is 15.0. The molecule has 75 heavy (non-hydrogen) atoms. The molecule has 4 aromatic carbocycles. The van der Waals surface area contributed by atoms with E-state index in [2.05, 4.69) is 234 Å². The third-order valence-corrected chi connectivity index (χ3v) is 38.8. The first-order valence-electron chi connectivity index (χ1n) is 29.2. The maximum absolute atomic E-state index is 14.1. The van der Waals surface area contributed by atoms with Crippen molar-refractivity contribution in [2.24, 2.45) is 23.2 Å². The van der Waals surface area contributed by atoms with E-state index in [-0.39, 0.29) is 54.0 Å². The van der Waals surface area contributed by atoms with Gasteiger partial charge in [-0.1, -0.05) is 179 Å². The molecule has 0 N–H and O–H groups in total.